The third-order valence-electron chi connectivity index (χ3n) is 14.1. The van der Waals surface area contributed by atoms with E-state index in [-0.39, 0.29) is 83.5 Å². The number of primary amides is 1. The summed E-state index contributed by atoms with van der Waals surface area (Å²) in [5.41, 5.74) is 10.0. The fourth-order valence-corrected chi connectivity index (χ4v) is 10.5. The van der Waals surface area contributed by atoms with Gasteiger partial charge < -0.3 is 35.6 Å². The third-order valence-corrected chi connectivity index (χ3v) is 14.4. The monoisotopic (exact) mass is 1000 g/mol. The number of hydrogen-bond donors (Lipinski definition) is 4. The van der Waals surface area contributed by atoms with Gasteiger partial charge >= 0.3 is 0 Å². The highest BCUT2D eigenvalue weighted by molar-refractivity contribution is 6.33. The van der Waals surface area contributed by atoms with Gasteiger partial charge in [-0.2, -0.15) is 5.10 Å². The van der Waals surface area contributed by atoms with Crippen molar-refractivity contribution < 1.29 is 42.6 Å². The van der Waals surface area contributed by atoms with Crippen LogP contribution in [0.25, 0.3) is 11.1 Å². The minimum atomic E-state index is -1.05. The van der Waals surface area contributed by atoms with Crippen molar-refractivity contribution in [3.8, 4) is 16.9 Å². The highest BCUT2D eigenvalue weighted by atomic mass is 35.5. The van der Waals surface area contributed by atoms with Gasteiger partial charge in [-0.25, -0.2) is 4.39 Å². The van der Waals surface area contributed by atoms with Crippen LogP contribution in [-0.4, -0.2) is 126 Å². The first-order chi connectivity index (χ1) is 34.9. The van der Waals surface area contributed by atoms with Crippen LogP contribution in [-0.2, 0) is 32.2 Å². The van der Waals surface area contributed by atoms with Crippen LogP contribution in [0.5, 0.6) is 5.75 Å². The van der Waals surface area contributed by atoms with Crippen molar-refractivity contribution in [3.63, 3.8) is 0 Å². The molecule has 5 aromatic rings. The molecule has 17 nitrogen and oxygen atoms in total. The van der Waals surface area contributed by atoms with E-state index < -0.39 is 41.4 Å². The zero-order valence-electron chi connectivity index (χ0n) is 39.9. The number of nitrogens with one attached hydrogen (secondary N) is 3. The Hall–Kier alpha value is -6.99. The van der Waals surface area contributed by atoms with Crippen LogP contribution in [0.3, 0.4) is 0 Å². The Morgan fingerprint density at radius 3 is 2.32 bits per heavy atom. The van der Waals surface area contributed by atoms with Crippen LogP contribution in [0.4, 0.5) is 10.1 Å². The van der Waals surface area contributed by atoms with E-state index in [1.165, 1.54) is 19.2 Å². The van der Waals surface area contributed by atoms with E-state index in [0.29, 0.717) is 56.6 Å². The van der Waals surface area contributed by atoms with Crippen LogP contribution >= 0.6 is 11.6 Å². The lowest BCUT2D eigenvalue weighted by molar-refractivity contribution is -0.136. The van der Waals surface area contributed by atoms with Gasteiger partial charge in [-0.15, -0.1) is 0 Å². The molecule has 4 aliphatic rings. The van der Waals surface area contributed by atoms with E-state index in [1.54, 1.807) is 40.0 Å². The molecule has 9 rings (SSSR count). The number of nitrogens with zero attached hydrogens (tertiary/aromatic N) is 5. The molecule has 376 valence electrons. The molecule has 1 aliphatic carbocycles. The fourth-order valence-electron chi connectivity index (χ4n) is 10.3. The van der Waals surface area contributed by atoms with Crippen molar-refractivity contribution in [1.29, 1.82) is 0 Å². The van der Waals surface area contributed by atoms with E-state index in [2.05, 4.69) is 33.2 Å². The van der Waals surface area contributed by atoms with Crippen LogP contribution in [0.2, 0.25) is 5.02 Å². The predicted molar refractivity (Wildman–Crippen MR) is 266 cm³/mol. The minimum Gasteiger partial charge on any atom is -0.488 e. The van der Waals surface area contributed by atoms with Crippen LogP contribution in [0, 0.1) is 5.82 Å². The van der Waals surface area contributed by atoms with E-state index in [0.717, 1.165) is 47.3 Å². The first-order valence-electron chi connectivity index (χ1n) is 24.3. The van der Waals surface area contributed by atoms with Gasteiger partial charge in [0.2, 0.25) is 23.6 Å². The Balaban J connectivity index is 0.756. The highest BCUT2D eigenvalue weighted by Crippen LogP contribution is 2.40. The summed E-state index contributed by atoms with van der Waals surface area (Å²) in [7, 11) is 1.52. The van der Waals surface area contributed by atoms with Crippen LogP contribution < -0.4 is 31.3 Å². The number of benzene rings is 4. The summed E-state index contributed by atoms with van der Waals surface area (Å²) in [4.78, 5) is 82.1. The number of hydrogen-bond acceptors (Lipinski definition) is 12. The molecule has 6 amide bonds. The first-order valence-corrected chi connectivity index (χ1v) is 24.7. The number of carbonyl (C=O) groups is 6. The molecule has 5 N–H and O–H groups in total. The first kappa shape index (κ1) is 50.0. The molecule has 4 heterocycles. The molecule has 4 aromatic carbocycles. The van der Waals surface area contributed by atoms with Crippen molar-refractivity contribution in [3.05, 3.63) is 135 Å². The highest BCUT2D eigenvalue weighted by Gasteiger charge is 2.46. The Morgan fingerprint density at radius 1 is 0.847 bits per heavy atom. The molecule has 19 heteroatoms. The molecule has 0 bridgehead atoms. The molecule has 3 aliphatic heterocycles. The molecule has 1 saturated carbocycles. The average molecular weight is 1000 g/mol. The number of halogens is 2. The van der Waals surface area contributed by atoms with E-state index >= 15 is 4.39 Å². The molecule has 2 atom stereocenters. The van der Waals surface area contributed by atoms with Gasteiger partial charge in [0.15, 0.2) is 11.6 Å². The molecule has 0 radical (unpaired) electrons. The predicted octanol–water partition coefficient (Wildman–Crippen LogP) is 5.04. The number of rotatable bonds is 18. The molecular formula is C53H57ClFN9O8. The van der Waals surface area contributed by atoms with Gasteiger partial charge in [-0.05, 0) is 79.6 Å². The maximum atomic E-state index is 16.2. The Kier molecular flexibility index (Phi) is 15.4. The summed E-state index contributed by atoms with van der Waals surface area (Å²) in [6.45, 7) is 3.36. The Labute approximate surface area is 421 Å². The van der Waals surface area contributed by atoms with Gasteiger partial charge in [0.1, 0.15) is 19.2 Å². The molecular weight excluding hydrogens is 945 g/mol. The van der Waals surface area contributed by atoms with Crippen LogP contribution in [0.1, 0.15) is 92.2 Å². The maximum absolute atomic E-state index is 16.2. The summed E-state index contributed by atoms with van der Waals surface area (Å²) >= 11 is 6.75. The number of ether oxygens (including phenoxy) is 2. The summed E-state index contributed by atoms with van der Waals surface area (Å²) in [6, 6.07) is 23.0. The van der Waals surface area contributed by atoms with Gasteiger partial charge in [0.25, 0.3) is 11.8 Å². The number of piperidine rings is 1. The van der Waals surface area contributed by atoms with E-state index in [9.17, 15) is 28.8 Å². The SMILES string of the molecule is COCCOc1ccc(C(N)=O)c(-c2cc(C(CNC3CCC(NCc4cnn(CC(=O)N5CCN(c6cccc7c6C(=O)N(C6CCC(=O)NC6=O)C7=O)CC5)c4)CC3)c3ccccc3)ccc2Cl)c1F. The van der Waals surface area contributed by atoms with Gasteiger partial charge in [0.05, 0.1) is 35.2 Å². The average Bonchev–Trinajstić information content (AvgIpc) is 3.94. The summed E-state index contributed by atoms with van der Waals surface area (Å²) < 4.78 is 28.5. The topological polar surface area (TPSA) is 211 Å². The second kappa shape index (κ2) is 22.2. The number of piperazine rings is 1. The van der Waals surface area contributed by atoms with Crippen molar-refractivity contribution in [2.24, 2.45) is 5.73 Å². The molecule has 2 unspecified atom stereocenters. The van der Waals surface area contributed by atoms with Crippen molar-refractivity contribution in [2.75, 3.05) is 57.9 Å². The zero-order valence-corrected chi connectivity index (χ0v) is 40.7. The lowest BCUT2D eigenvalue weighted by atomic mass is 9.87. The number of anilines is 1. The second-order valence-corrected chi connectivity index (χ2v) is 19.0. The van der Waals surface area contributed by atoms with Gasteiger partial charge in [0, 0.05) is 98.7 Å². The third kappa shape index (κ3) is 10.8. The Morgan fingerprint density at radius 2 is 1.60 bits per heavy atom. The lowest BCUT2D eigenvalue weighted by Gasteiger charge is -2.36. The van der Waals surface area contributed by atoms with Crippen molar-refractivity contribution in [1.82, 2.24) is 35.5 Å². The van der Waals surface area contributed by atoms with Crippen LogP contribution in [0.15, 0.2) is 91.3 Å². The molecule has 2 saturated heterocycles. The molecule has 1 aromatic heterocycles. The summed E-state index contributed by atoms with van der Waals surface area (Å²) in [5, 5.41) is 14.5. The van der Waals surface area contributed by atoms with Gasteiger partial charge in [-0.3, -0.25) is 43.7 Å². The van der Waals surface area contributed by atoms with E-state index in [4.69, 9.17) is 26.8 Å². The van der Waals surface area contributed by atoms with Crippen molar-refractivity contribution in [2.45, 2.75) is 75.7 Å². The van der Waals surface area contributed by atoms with E-state index in [1.807, 2.05) is 41.4 Å². The number of nitrogens with two attached hydrogens (primary N) is 1. The maximum Gasteiger partial charge on any atom is 0.264 e. The standard InChI is InChI=1S/C53H57ClFN9O8/c1-71-24-25-72-44-18-15-37(50(56)67)47(49(44)55)39-26-34(10-16-41(39)54)40(33-6-3-2-4-7-33)29-58-36-13-11-35(12-14-36)57-27-32-28-59-63(30-32)31-46(66)62-22-20-61(21-23-62)42-9-5-8-38-48(42)53(70)64(52(38)69)43-17-19-45(65)60-51(43)68/h2-10,15-16,18,26,28,30,35-36,40,43,57-58H,11-14,17,19-25,27,29,31H2,1H3,(H2,56,67)(H,60,65,68). The molecule has 72 heavy (non-hydrogen) atoms. The number of carbonyl (C=O) groups excluding carboxylic acids is 6. The number of methoxy groups -OCH3 is 1. The molecule has 0 spiro atoms. The number of aromatic nitrogens is 2. The smallest absolute Gasteiger partial charge is 0.264 e. The zero-order chi connectivity index (χ0) is 50.5. The number of fused-ring (bicyclic) bond motifs is 1. The quantitative estimate of drug-likeness (QED) is 0.0673. The second-order valence-electron chi connectivity index (χ2n) is 18.6. The largest absolute Gasteiger partial charge is 0.488 e. The molecule has 3 fully saturated rings. The van der Waals surface area contributed by atoms with Crippen molar-refractivity contribution >= 4 is 52.7 Å². The number of amides is 6. The minimum absolute atomic E-state index is 0.00308. The summed E-state index contributed by atoms with van der Waals surface area (Å²) in [6.07, 6.45) is 7.62. The normalized spacial score (nSPS) is 19.6. The summed E-state index contributed by atoms with van der Waals surface area (Å²) in [5.74, 6) is -3.95. The lowest BCUT2D eigenvalue weighted by Crippen LogP contribution is -2.54. The fraction of sp³-hybridized carbons (Fsp3) is 0.377. The number of imide groups is 2. The van der Waals surface area contributed by atoms with Gasteiger partial charge in [-0.1, -0.05) is 54.1 Å². The Bertz CT molecular complexity index is 2860.